The molecule has 0 radical (unpaired) electrons. The third-order valence-corrected chi connectivity index (χ3v) is 7.78. The number of hydrogen-bond acceptors (Lipinski definition) is 6. The van der Waals surface area contributed by atoms with Crippen LogP contribution in [0.1, 0.15) is 44.1 Å². The van der Waals surface area contributed by atoms with Crippen molar-refractivity contribution < 1.29 is 14.3 Å². The highest BCUT2D eigenvalue weighted by Gasteiger charge is 2.36. The molecule has 7 heteroatoms. The summed E-state index contributed by atoms with van der Waals surface area (Å²) in [7, 11) is 1.77. The van der Waals surface area contributed by atoms with Gasteiger partial charge in [-0.1, -0.05) is 6.07 Å². The number of amides is 1. The molecule has 1 aliphatic carbocycles. The topological polar surface area (TPSA) is 66.9 Å². The zero-order valence-electron chi connectivity index (χ0n) is 19.2. The highest BCUT2D eigenvalue weighted by molar-refractivity contribution is 6.00. The second kappa shape index (κ2) is 8.61. The minimum absolute atomic E-state index is 0.0327. The zero-order chi connectivity index (χ0) is 22.4. The van der Waals surface area contributed by atoms with Gasteiger partial charge in [0, 0.05) is 43.6 Å². The molecule has 174 valence electrons. The zero-order valence-corrected chi connectivity index (χ0v) is 19.2. The summed E-state index contributed by atoms with van der Waals surface area (Å²) >= 11 is 0. The summed E-state index contributed by atoms with van der Waals surface area (Å²) < 4.78 is 11.6. The van der Waals surface area contributed by atoms with Crippen LogP contribution in [-0.2, 0) is 20.8 Å². The first-order chi connectivity index (χ1) is 16.2. The number of pyridine rings is 1. The van der Waals surface area contributed by atoms with Gasteiger partial charge in [0.25, 0.3) is 0 Å². The normalized spacial score (nSPS) is 28.5. The Labute approximate surface area is 195 Å². The highest BCUT2D eigenvalue weighted by Crippen LogP contribution is 2.40. The fourth-order valence-electron chi connectivity index (χ4n) is 5.90. The molecule has 4 heterocycles. The number of nitrogens with one attached hydrogen (secondary N) is 1. The van der Waals surface area contributed by atoms with Crippen molar-refractivity contribution >= 4 is 28.8 Å². The predicted molar refractivity (Wildman–Crippen MR) is 128 cm³/mol. The quantitative estimate of drug-likeness (QED) is 0.758. The summed E-state index contributed by atoms with van der Waals surface area (Å²) in [5.41, 5.74) is 4.09. The Morgan fingerprint density at radius 3 is 2.64 bits per heavy atom. The molecule has 33 heavy (non-hydrogen) atoms. The number of nitrogens with zero attached hydrogens (tertiary/aromatic N) is 3. The number of methoxy groups -OCH3 is 1. The van der Waals surface area contributed by atoms with Crippen molar-refractivity contribution in [1.29, 1.82) is 0 Å². The molecule has 1 amide bonds. The molecule has 2 saturated heterocycles. The second-order valence-corrected chi connectivity index (χ2v) is 9.83. The predicted octanol–water partition coefficient (Wildman–Crippen LogP) is 4.24. The van der Waals surface area contributed by atoms with Gasteiger partial charge in [0.1, 0.15) is 5.82 Å². The van der Waals surface area contributed by atoms with Crippen LogP contribution in [0.5, 0.6) is 0 Å². The van der Waals surface area contributed by atoms with E-state index in [0.29, 0.717) is 18.8 Å². The van der Waals surface area contributed by atoms with Crippen LogP contribution in [-0.4, -0.2) is 49.4 Å². The van der Waals surface area contributed by atoms with Gasteiger partial charge in [0.15, 0.2) is 0 Å². The van der Waals surface area contributed by atoms with Crippen molar-refractivity contribution in [3.63, 3.8) is 0 Å². The van der Waals surface area contributed by atoms with Crippen LogP contribution < -0.4 is 15.1 Å². The average molecular weight is 449 g/mol. The van der Waals surface area contributed by atoms with E-state index in [1.54, 1.807) is 13.3 Å². The molecule has 3 fully saturated rings. The van der Waals surface area contributed by atoms with Crippen LogP contribution in [0.25, 0.3) is 0 Å². The first kappa shape index (κ1) is 20.9. The van der Waals surface area contributed by atoms with Crippen LogP contribution in [0.3, 0.4) is 0 Å². The molecule has 7 nitrogen and oxygen atoms in total. The molecular weight excluding hydrogens is 416 g/mol. The van der Waals surface area contributed by atoms with Crippen molar-refractivity contribution in [1.82, 2.24) is 4.98 Å². The highest BCUT2D eigenvalue weighted by atomic mass is 16.5. The largest absolute Gasteiger partial charge is 0.381 e. The Bertz CT molecular complexity index is 1020. The molecule has 2 aromatic rings. The molecule has 1 N–H and O–H groups in total. The van der Waals surface area contributed by atoms with Crippen LogP contribution in [0.2, 0.25) is 0 Å². The van der Waals surface area contributed by atoms with E-state index in [0.717, 1.165) is 80.1 Å². The van der Waals surface area contributed by atoms with E-state index in [2.05, 4.69) is 39.5 Å². The molecule has 2 bridgehead atoms. The van der Waals surface area contributed by atoms with Gasteiger partial charge in [0.05, 0.1) is 36.2 Å². The van der Waals surface area contributed by atoms with Crippen LogP contribution in [0, 0.1) is 5.92 Å². The SMILES string of the molecule is CO[C@H]1CC[C@H](C(=O)N2Cc3cccnc3Nc3ccc(N4CC5CCC(C4)O5)cc32)CC1. The fourth-order valence-corrected chi connectivity index (χ4v) is 5.90. The molecule has 3 aliphatic heterocycles. The van der Waals surface area contributed by atoms with Gasteiger partial charge in [-0.05, 0) is 62.8 Å². The standard InChI is InChI=1S/C26H32N4O3/c1-32-20-7-4-17(5-8-20)26(31)30-14-18-3-2-12-27-25(18)28-23-11-6-19(13-24(23)30)29-15-21-9-10-22(16-29)33-21/h2-3,6,11-13,17,20-22H,4-5,7-10,14-16H2,1H3,(H,27,28)/t17-,20-,21?,22?. The smallest absolute Gasteiger partial charge is 0.230 e. The maximum atomic E-state index is 13.9. The molecule has 0 spiro atoms. The number of hydrogen-bond donors (Lipinski definition) is 1. The second-order valence-electron chi connectivity index (χ2n) is 9.83. The molecular formula is C26H32N4O3. The number of rotatable bonds is 3. The Hall–Kier alpha value is -2.64. The van der Waals surface area contributed by atoms with E-state index in [1.165, 1.54) is 0 Å². The third kappa shape index (κ3) is 3.97. The summed E-state index contributed by atoms with van der Waals surface area (Å²) in [5.74, 6) is 1.07. The van der Waals surface area contributed by atoms with Crippen molar-refractivity contribution in [3.05, 3.63) is 42.1 Å². The molecule has 1 aromatic carbocycles. The lowest BCUT2D eigenvalue weighted by molar-refractivity contribution is -0.124. The van der Waals surface area contributed by atoms with E-state index >= 15 is 0 Å². The van der Waals surface area contributed by atoms with Crippen molar-refractivity contribution in [2.45, 2.75) is 63.4 Å². The van der Waals surface area contributed by atoms with Gasteiger partial charge in [-0.15, -0.1) is 0 Å². The van der Waals surface area contributed by atoms with Gasteiger partial charge in [-0.25, -0.2) is 4.98 Å². The molecule has 2 unspecified atom stereocenters. The number of anilines is 4. The third-order valence-electron chi connectivity index (χ3n) is 7.78. The average Bonchev–Trinajstić information content (AvgIpc) is 3.10. The summed E-state index contributed by atoms with van der Waals surface area (Å²) in [5, 5.41) is 3.50. The van der Waals surface area contributed by atoms with E-state index in [9.17, 15) is 4.79 Å². The number of aromatic nitrogens is 1. The van der Waals surface area contributed by atoms with Crippen molar-refractivity contribution in [2.24, 2.45) is 5.92 Å². The number of benzene rings is 1. The molecule has 6 rings (SSSR count). The van der Waals surface area contributed by atoms with Gasteiger partial charge in [-0.2, -0.15) is 0 Å². The van der Waals surface area contributed by atoms with Crippen molar-refractivity contribution in [2.75, 3.05) is 35.3 Å². The summed E-state index contributed by atoms with van der Waals surface area (Å²) in [6.07, 6.45) is 8.65. The fraction of sp³-hybridized carbons (Fsp3) is 0.538. The summed E-state index contributed by atoms with van der Waals surface area (Å²) in [6.45, 7) is 2.36. The van der Waals surface area contributed by atoms with Gasteiger partial charge >= 0.3 is 0 Å². The minimum atomic E-state index is 0.0327. The van der Waals surface area contributed by atoms with E-state index in [-0.39, 0.29) is 17.9 Å². The lowest BCUT2D eigenvalue weighted by Crippen LogP contribution is -2.43. The molecule has 2 atom stereocenters. The number of fused-ring (bicyclic) bond motifs is 4. The Kier molecular flexibility index (Phi) is 5.46. The number of morpholine rings is 1. The van der Waals surface area contributed by atoms with E-state index in [4.69, 9.17) is 9.47 Å². The maximum absolute atomic E-state index is 13.9. The lowest BCUT2D eigenvalue weighted by atomic mass is 9.86. The summed E-state index contributed by atoms with van der Waals surface area (Å²) in [6, 6.07) is 10.5. The molecule has 4 aliphatic rings. The lowest BCUT2D eigenvalue weighted by Gasteiger charge is -2.35. The van der Waals surface area contributed by atoms with E-state index < -0.39 is 0 Å². The van der Waals surface area contributed by atoms with Crippen molar-refractivity contribution in [3.8, 4) is 0 Å². The number of carbonyl (C=O) groups excluding carboxylic acids is 1. The number of ether oxygens (including phenoxy) is 2. The Balaban J connectivity index is 1.34. The molecule has 1 saturated carbocycles. The van der Waals surface area contributed by atoms with Gasteiger partial charge in [-0.3, -0.25) is 4.79 Å². The van der Waals surface area contributed by atoms with E-state index in [1.807, 2.05) is 11.0 Å². The Morgan fingerprint density at radius 1 is 1.09 bits per heavy atom. The first-order valence-corrected chi connectivity index (χ1v) is 12.3. The molecule has 1 aromatic heterocycles. The first-order valence-electron chi connectivity index (χ1n) is 12.3. The summed E-state index contributed by atoms with van der Waals surface area (Å²) in [4.78, 5) is 22.8. The van der Waals surface area contributed by atoms with Crippen LogP contribution >= 0.6 is 0 Å². The van der Waals surface area contributed by atoms with Crippen LogP contribution in [0.15, 0.2) is 36.5 Å². The monoisotopic (exact) mass is 448 g/mol. The van der Waals surface area contributed by atoms with Gasteiger partial charge < -0.3 is 24.6 Å². The van der Waals surface area contributed by atoms with Gasteiger partial charge in [0.2, 0.25) is 5.91 Å². The number of carbonyl (C=O) groups is 1. The minimum Gasteiger partial charge on any atom is -0.381 e. The Morgan fingerprint density at radius 2 is 1.88 bits per heavy atom. The van der Waals surface area contributed by atoms with Crippen LogP contribution in [0.4, 0.5) is 22.9 Å². The maximum Gasteiger partial charge on any atom is 0.230 e.